The molecule has 37 heavy (non-hydrogen) atoms. The lowest BCUT2D eigenvalue weighted by Gasteiger charge is -2.14. The molecular weight excluding hydrogens is 468 g/mol. The predicted molar refractivity (Wildman–Crippen MR) is 143 cm³/mol. The van der Waals surface area contributed by atoms with Gasteiger partial charge in [0.15, 0.2) is 5.78 Å². The molecule has 0 radical (unpaired) electrons. The Bertz CT molecular complexity index is 1550. The average Bonchev–Trinajstić information content (AvgIpc) is 2.90. The molecule has 0 unspecified atom stereocenters. The Hall–Kier alpha value is -4.78. The molecule has 0 saturated heterocycles. The molecular formula is C30H26N2O5. The van der Waals surface area contributed by atoms with Crippen molar-refractivity contribution in [3.05, 3.63) is 119 Å². The standard InChI is InChI=1S/C30H26N2O5/c1-3-15-32-18-25(30(36)37)28(34)24-16-20(9-14-26(24)32)17-27(33)19(2)31-29(35)23-12-10-22(11-13-23)21-7-5-4-6-8-21/h3-14,16,18-19H,1,15,17H2,2H3,(H,31,35)(H,36,37)/t19-/m0/s1. The summed E-state index contributed by atoms with van der Waals surface area (Å²) < 4.78 is 1.63. The smallest absolute Gasteiger partial charge is 0.341 e. The fourth-order valence-electron chi connectivity index (χ4n) is 4.16. The summed E-state index contributed by atoms with van der Waals surface area (Å²) >= 11 is 0. The molecule has 0 aliphatic rings. The number of ketones is 1. The van der Waals surface area contributed by atoms with Crippen molar-refractivity contribution < 1.29 is 19.5 Å². The fourth-order valence-corrected chi connectivity index (χ4v) is 4.16. The first-order chi connectivity index (χ1) is 17.8. The third kappa shape index (κ3) is 5.56. The molecule has 0 fully saturated rings. The van der Waals surface area contributed by atoms with E-state index in [-0.39, 0.29) is 29.1 Å². The van der Waals surface area contributed by atoms with Gasteiger partial charge in [-0.1, -0.05) is 54.6 Å². The van der Waals surface area contributed by atoms with E-state index >= 15 is 0 Å². The van der Waals surface area contributed by atoms with Gasteiger partial charge in [-0.15, -0.1) is 6.58 Å². The maximum atomic E-state index is 12.9. The summed E-state index contributed by atoms with van der Waals surface area (Å²) in [6.45, 7) is 5.61. The quantitative estimate of drug-likeness (QED) is 0.334. The highest BCUT2D eigenvalue weighted by atomic mass is 16.4. The van der Waals surface area contributed by atoms with Gasteiger partial charge in [0.05, 0.1) is 11.6 Å². The molecule has 0 aliphatic carbocycles. The number of rotatable bonds is 9. The Balaban J connectivity index is 1.49. The third-order valence-corrected chi connectivity index (χ3v) is 6.16. The summed E-state index contributed by atoms with van der Waals surface area (Å²) in [5.41, 5.74) is 2.60. The van der Waals surface area contributed by atoms with Crippen molar-refractivity contribution in [2.75, 3.05) is 0 Å². The molecule has 4 aromatic rings. The maximum absolute atomic E-state index is 12.9. The number of carboxylic acid groups (broad SMARTS) is 1. The molecule has 0 saturated carbocycles. The van der Waals surface area contributed by atoms with Gasteiger partial charge < -0.3 is 15.0 Å². The number of amides is 1. The van der Waals surface area contributed by atoms with Gasteiger partial charge in [0, 0.05) is 30.1 Å². The number of carbonyl (C=O) groups excluding carboxylic acids is 2. The van der Waals surface area contributed by atoms with Crippen molar-refractivity contribution in [3.8, 4) is 11.1 Å². The molecule has 7 nitrogen and oxygen atoms in total. The van der Waals surface area contributed by atoms with Crippen molar-refractivity contribution in [2.45, 2.75) is 25.9 Å². The number of hydrogen-bond donors (Lipinski definition) is 2. The van der Waals surface area contributed by atoms with E-state index in [9.17, 15) is 24.3 Å². The van der Waals surface area contributed by atoms with Crippen LogP contribution >= 0.6 is 0 Å². The van der Waals surface area contributed by atoms with Crippen LogP contribution in [0.1, 0.15) is 33.2 Å². The molecule has 2 N–H and O–H groups in total. The molecule has 1 heterocycles. The molecule has 7 heteroatoms. The van der Waals surface area contributed by atoms with Crippen molar-refractivity contribution in [3.63, 3.8) is 0 Å². The third-order valence-electron chi connectivity index (χ3n) is 6.16. The number of benzene rings is 3. The van der Waals surface area contributed by atoms with E-state index in [0.29, 0.717) is 23.2 Å². The number of hydrogen-bond acceptors (Lipinski definition) is 4. The molecule has 1 atom stereocenters. The van der Waals surface area contributed by atoms with Crippen LogP contribution in [0.25, 0.3) is 22.0 Å². The van der Waals surface area contributed by atoms with Crippen LogP contribution in [-0.2, 0) is 17.8 Å². The van der Waals surface area contributed by atoms with Crippen LogP contribution in [0.4, 0.5) is 0 Å². The average molecular weight is 495 g/mol. The number of fused-ring (bicyclic) bond motifs is 1. The van der Waals surface area contributed by atoms with E-state index in [0.717, 1.165) is 11.1 Å². The van der Waals surface area contributed by atoms with Gasteiger partial charge in [-0.25, -0.2) is 4.79 Å². The van der Waals surface area contributed by atoms with Crippen LogP contribution < -0.4 is 10.7 Å². The van der Waals surface area contributed by atoms with Crippen LogP contribution in [0.2, 0.25) is 0 Å². The minimum atomic E-state index is -1.32. The van der Waals surface area contributed by atoms with Gasteiger partial charge in [-0.3, -0.25) is 14.4 Å². The minimum Gasteiger partial charge on any atom is -0.477 e. The van der Waals surface area contributed by atoms with Crippen molar-refractivity contribution in [1.82, 2.24) is 9.88 Å². The minimum absolute atomic E-state index is 0.0253. The SMILES string of the molecule is C=CCn1cc(C(=O)O)c(=O)c2cc(CC(=O)[C@H](C)NC(=O)c3ccc(-c4ccccc4)cc3)ccc21. The summed E-state index contributed by atoms with van der Waals surface area (Å²) in [5, 5.41) is 12.4. The van der Waals surface area contributed by atoms with Gasteiger partial charge in [-0.05, 0) is 47.9 Å². The number of carbonyl (C=O) groups is 3. The number of nitrogens with zero attached hydrogens (tertiary/aromatic N) is 1. The first-order valence-electron chi connectivity index (χ1n) is 11.8. The molecule has 4 rings (SSSR count). The number of aromatic nitrogens is 1. The summed E-state index contributed by atoms with van der Waals surface area (Å²) in [4.78, 5) is 49.9. The van der Waals surface area contributed by atoms with Crippen molar-refractivity contribution >= 4 is 28.6 Å². The van der Waals surface area contributed by atoms with Gasteiger partial charge in [-0.2, -0.15) is 0 Å². The molecule has 0 bridgehead atoms. The number of carboxylic acids is 1. The lowest BCUT2D eigenvalue weighted by molar-refractivity contribution is -0.119. The normalized spacial score (nSPS) is 11.6. The monoisotopic (exact) mass is 494 g/mol. The van der Waals surface area contributed by atoms with Gasteiger partial charge in [0.25, 0.3) is 5.91 Å². The Morgan fingerprint density at radius 2 is 1.68 bits per heavy atom. The van der Waals surface area contributed by atoms with Crippen LogP contribution in [0.5, 0.6) is 0 Å². The largest absolute Gasteiger partial charge is 0.477 e. The Morgan fingerprint density at radius 1 is 1.00 bits per heavy atom. The number of aromatic carboxylic acids is 1. The molecule has 3 aromatic carbocycles. The van der Waals surface area contributed by atoms with Gasteiger partial charge in [0.2, 0.25) is 5.43 Å². The first-order valence-corrected chi connectivity index (χ1v) is 11.8. The topological polar surface area (TPSA) is 105 Å². The van der Waals surface area contributed by atoms with Crippen LogP contribution in [-0.4, -0.2) is 33.4 Å². The van der Waals surface area contributed by atoms with Crippen LogP contribution in [0.3, 0.4) is 0 Å². The highest BCUT2D eigenvalue weighted by Crippen LogP contribution is 2.20. The number of pyridine rings is 1. The van der Waals surface area contributed by atoms with Crippen molar-refractivity contribution in [2.24, 2.45) is 0 Å². The second kappa shape index (κ2) is 10.9. The number of Topliss-reactive ketones (excluding diaryl/α,β-unsaturated/α-hetero) is 1. The molecule has 0 spiro atoms. The Labute approximate surface area is 213 Å². The fraction of sp³-hybridized carbons (Fsp3) is 0.133. The second-order valence-electron chi connectivity index (χ2n) is 8.75. The first kappa shape index (κ1) is 25.3. The van der Waals surface area contributed by atoms with E-state index < -0.39 is 17.4 Å². The van der Waals surface area contributed by atoms with Gasteiger partial charge >= 0.3 is 5.97 Å². The van der Waals surface area contributed by atoms with Crippen molar-refractivity contribution in [1.29, 1.82) is 0 Å². The highest BCUT2D eigenvalue weighted by Gasteiger charge is 2.19. The van der Waals surface area contributed by atoms with Crippen LogP contribution in [0.15, 0.2) is 96.4 Å². The zero-order valence-corrected chi connectivity index (χ0v) is 20.3. The molecule has 0 aliphatic heterocycles. The summed E-state index contributed by atoms with van der Waals surface area (Å²) in [6.07, 6.45) is 2.87. The van der Waals surface area contributed by atoms with E-state index in [2.05, 4.69) is 11.9 Å². The highest BCUT2D eigenvalue weighted by molar-refractivity contribution is 5.99. The van der Waals surface area contributed by atoms with E-state index in [1.54, 1.807) is 47.9 Å². The van der Waals surface area contributed by atoms with E-state index in [4.69, 9.17) is 0 Å². The Kier molecular flexibility index (Phi) is 7.44. The number of nitrogens with one attached hydrogen (secondary N) is 1. The van der Waals surface area contributed by atoms with E-state index in [1.165, 1.54) is 6.20 Å². The maximum Gasteiger partial charge on any atom is 0.341 e. The molecule has 186 valence electrons. The predicted octanol–water partition coefficient (Wildman–Crippen LogP) is 4.48. The van der Waals surface area contributed by atoms with Gasteiger partial charge in [0.1, 0.15) is 5.56 Å². The zero-order chi connectivity index (χ0) is 26.5. The van der Waals surface area contributed by atoms with Crippen LogP contribution in [0, 0.1) is 0 Å². The summed E-state index contributed by atoms with van der Waals surface area (Å²) in [7, 11) is 0. The molecule has 1 aromatic heterocycles. The van der Waals surface area contributed by atoms with E-state index in [1.807, 2.05) is 42.5 Å². The molecule has 1 amide bonds. The zero-order valence-electron chi connectivity index (χ0n) is 20.3. The summed E-state index contributed by atoms with van der Waals surface area (Å²) in [6, 6.07) is 21.1. The summed E-state index contributed by atoms with van der Waals surface area (Å²) in [5.74, 6) is -1.92. The number of allylic oxidation sites excluding steroid dienone is 1. The lowest BCUT2D eigenvalue weighted by atomic mass is 10.0. The second-order valence-corrected chi connectivity index (χ2v) is 8.75. The Morgan fingerprint density at radius 3 is 2.32 bits per heavy atom. The lowest BCUT2D eigenvalue weighted by Crippen LogP contribution is -2.39.